The molecule has 0 aliphatic heterocycles. The van der Waals surface area contributed by atoms with Crippen LogP contribution in [0.15, 0.2) is 72.8 Å². The summed E-state index contributed by atoms with van der Waals surface area (Å²) < 4.78 is 0. The van der Waals surface area contributed by atoms with Crippen molar-refractivity contribution in [3.8, 4) is 0 Å². The van der Waals surface area contributed by atoms with E-state index in [0.29, 0.717) is 0 Å². The zero-order valence-electron chi connectivity index (χ0n) is 20.4. The first-order valence-corrected chi connectivity index (χ1v) is 12.2. The van der Waals surface area contributed by atoms with E-state index in [1.54, 1.807) is 0 Å². The van der Waals surface area contributed by atoms with Crippen LogP contribution in [0.2, 0.25) is 0 Å². The highest BCUT2D eigenvalue weighted by molar-refractivity contribution is 5.55. The number of nitrogens with zero attached hydrogens (tertiary/aromatic N) is 2. The first-order valence-electron chi connectivity index (χ1n) is 12.2. The van der Waals surface area contributed by atoms with Crippen LogP contribution in [0.1, 0.15) is 57.2 Å². The lowest BCUT2D eigenvalue weighted by molar-refractivity contribution is 0.862. The molecule has 170 valence electrons. The third kappa shape index (κ3) is 5.45. The number of hydrogen-bond acceptors (Lipinski definition) is 3. The van der Waals surface area contributed by atoms with Crippen molar-refractivity contribution in [2.24, 2.45) is 0 Å². The Morgan fingerprint density at radius 1 is 0.531 bits per heavy atom. The minimum Gasteiger partial charge on any atom is -0.385 e. The normalized spacial score (nSPS) is 10.9. The van der Waals surface area contributed by atoms with E-state index in [4.69, 9.17) is 0 Å². The van der Waals surface area contributed by atoms with Crippen molar-refractivity contribution in [2.75, 3.05) is 47.8 Å². The van der Waals surface area contributed by atoms with Gasteiger partial charge in [-0.15, -0.1) is 0 Å². The number of anilines is 3. The Labute approximate surface area is 195 Å². The second-order valence-corrected chi connectivity index (χ2v) is 8.11. The second kappa shape index (κ2) is 11.6. The Bertz CT molecular complexity index is 866. The Morgan fingerprint density at radius 3 is 1.19 bits per heavy atom. The van der Waals surface area contributed by atoms with Crippen molar-refractivity contribution in [3.05, 3.63) is 89.5 Å². The maximum atomic E-state index is 3.41. The molecule has 3 rings (SSSR count). The van der Waals surface area contributed by atoms with Crippen LogP contribution < -0.4 is 15.1 Å². The summed E-state index contributed by atoms with van der Waals surface area (Å²) in [4.78, 5) is 4.78. The van der Waals surface area contributed by atoms with E-state index in [-0.39, 0.29) is 5.92 Å². The van der Waals surface area contributed by atoms with Gasteiger partial charge in [-0.25, -0.2) is 0 Å². The van der Waals surface area contributed by atoms with Crippen LogP contribution in [0.25, 0.3) is 0 Å². The molecule has 0 saturated heterocycles. The van der Waals surface area contributed by atoms with Gasteiger partial charge in [0, 0.05) is 55.7 Å². The fraction of sp³-hybridized carbons (Fsp3) is 0.379. The van der Waals surface area contributed by atoms with E-state index in [1.807, 2.05) is 0 Å². The Morgan fingerprint density at radius 2 is 0.875 bits per heavy atom. The number of nitrogens with one attached hydrogen (secondary N) is 1. The van der Waals surface area contributed by atoms with E-state index in [2.05, 4.69) is 123 Å². The molecule has 0 fully saturated rings. The number of rotatable bonds is 11. The van der Waals surface area contributed by atoms with Crippen molar-refractivity contribution in [1.82, 2.24) is 0 Å². The lowest BCUT2D eigenvalue weighted by atomic mass is 9.85. The van der Waals surface area contributed by atoms with Crippen molar-refractivity contribution in [1.29, 1.82) is 0 Å². The molecule has 0 unspecified atom stereocenters. The van der Waals surface area contributed by atoms with Crippen LogP contribution >= 0.6 is 0 Å². The average Bonchev–Trinajstić information content (AvgIpc) is 2.84. The minimum atomic E-state index is 0.210. The molecular formula is C29H39N3. The Kier molecular flexibility index (Phi) is 8.61. The van der Waals surface area contributed by atoms with Crippen molar-refractivity contribution >= 4 is 17.1 Å². The van der Waals surface area contributed by atoms with E-state index in [9.17, 15) is 0 Å². The first kappa shape index (κ1) is 23.7. The molecule has 1 N–H and O–H groups in total. The molecule has 0 radical (unpaired) electrons. The summed E-state index contributed by atoms with van der Waals surface area (Å²) in [6, 6.07) is 27.2. The first-order chi connectivity index (χ1) is 15.6. The predicted molar refractivity (Wildman–Crippen MR) is 142 cm³/mol. The van der Waals surface area contributed by atoms with Gasteiger partial charge in [-0.2, -0.15) is 0 Å². The van der Waals surface area contributed by atoms with Gasteiger partial charge in [-0.05, 0) is 87.7 Å². The molecule has 0 bridgehead atoms. The lowest BCUT2D eigenvalue weighted by Gasteiger charge is -2.25. The van der Waals surface area contributed by atoms with Gasteiger partial charge in [-0.1, -0.05) is 36.4 Å². The van der Waals surface area contributed by atoms with Gasteiger partial charge in [0.1, 0.15) is 0 Å². The SMILES string of the molecule is CCNc1ccc(C(c2ccc(N(CC)CC)cc2)c2ccc(N(CC)CC)cc2)cc1. The lowest BCUT2D eigenvalue weighted by Crippen LogP contribution is -2.21. The van der Waals surface area contributed by atoms with E-state index in [1.165, 1.54) is 33.8 Å². The molecule has 0 spiro atoms. The monoisotopic (exact) mass is 429 g/mol. The molecule has 3 aromatic carbocycles. The average molecular weight is 430 g/mol. The highest BCUT2D eigenvalue weighted by Crippen LogP contribution is 2.34. The molecule has 3 nitrogen and oxygen atoms in total. The summed E-state index contributed by atoms with van der Waals surface area (Å²) in [7, 11) is 0. The quantitative estimate of drug-likeness (QED) is 0.331. The number of hydrogen-bond donors (Lipinski definition) is 1. The fourth-order valence-corrected chi connectivity index (χ4v) is 4.51. The Hall–Kier alpha value is -2.94. The maximum absolute atomic E-state index is 3.41. The van der Waals surface area contributed by atoms with Gasteiger partial charge in [0.05, 0.1) is 0 Å². The van der Waals surface area contributed by atoms with Crippen molar-refractivity contribution in [2.45, 2.75) is 40.5 Å². The summed E-state index contributed by atoms with van der Waals surface area (Å²) in [5.74, 6) is 0.210. The standard InChI is InChI=1S/C29H39N3/c1-6-30-26-17-11-23(12-18-26)29(24-13-19-27(20-14-24)31(7-2)8-3)25-15-21-28(22-16-25)32(9-4)10-5/h11-22,29-30H,6-10H2,1-5H3. The molecule has 0 heterocycles. The summed E-state index contributed by atoms with van der Waals surface area (Å²) >= 11 is 0. The molecule has 0 aromatic heterocycles. The van der Waals surface area contributed by atoms with Gasteiger partial charge in [-0.3, -0.25) is 0 Å². The highest BCUT2D eigenvalue weighted by atomic mass is 15.1. The molecule has 3 heteroatoms. The molecule has 3 aromatic rings. The van der Waals surface area contributed by atoms with Crippen LogP contribution in [0.3, 0.4) is 0 Å². The zero-order chi connectivity index (χ0) is 22.9. The minimum absolute atomic E-state index is 0.210. The molecule has 0 aliphatic carbocycles. The third-order valence-electron chi connectivity index (χ3n) is 6.33. The van der Waals surface area contributed by atoms with Crippen LogP contribution in [0.5, 0.6) is 0 Å². The zero-order valence-corrected chi connectivity index (χ0v) is 20.4. The van der Waals surface area contributed by atoms with Crippen LogP contribution in [-0.4, -0.2) is 32.7 Å². The van der Waals surface area contributed by atoms with Gasteiger partial charge < -0.3 is 15.1 Å². The molecule has 0 atom stereocenters. The summed E-state index contributed by atoms with van der Waals surface area (Å²) in [6.07, 6.45) is 0. The smallest absolute Gasteiger partial charge is 0.0366 e. The van der Waals surface area contributed by atoms with Gasteiger partial charge >= 0.3 is 0 Å². The van der Waals surface area contributed by atoms with Crippen molar-refractivity contribution in [3.63, 3.8) is 0 Å². The molecule has 0 saturated carbocycles. The highest BCUT2D eigenvalue weighted by Gasteiger charge is 2.18. The second-order valence-electron chi connectivity index (χ2n) is 8.11. The fourth-order valence-electron chi connectivity index (χ4n) is 4.51. The maximum Gasteiger partial charge on any atom is 0.0366 e. The summed E-state index contributed by atoms with van der Waals surface area (Å²) in [5, 5.41) is 3.41. The van der Waals surface area contributed by atoms with Crippen LogP contribution in [0, 0.1) is 0 Å². The molecule has 32 heavy (non-hydrogen) atoms. The van der Waals surface area contributed by atoms with Crippen molar-refractivity contribution < 1.29 is 0 Å². The summed E-state index contributed by atoms with van der Waals surface area (Å²) in [5.41, 5.74) is 7.72. The topological polar surface area (TPSA) is 18.5 Å². The van der Waals surface area contributed by atoms with Gasteiger partial charge in [0.15, 0.2) is 0 Å². The largest absolute Gasteiger partial charge is 0.385 e. The molecule has 0 amide bonds. The number of benzene rings is 3. The third-order valence-corrected chi connectivity index (χ3v) is 6.33. The van der Waals surface area contributed by atoms with Crippen LogP contribution in [0.4, 0.5) is 17.1 Å². The van der Waals surface area contributed by atoms with E-state index < -0.39 is 0 Å². The van der Waals surface area contributed by atoms with Gasteiger partial charge in [0.25, 0.3) is 0 Å². The van der Waals surface area contributed by atoms with E-state index >= 15 is 0 Å². The predicted octanol–water partition coefficient (Wildman–Crippen LogP) is 6.99. The molecule has 0 aliphatic rings. The van der Waals surface area contributed by atoms with E-state index in [0.717, 1.165) is 32.7 Å². The summed E-state index contributed by atoms with van der Waals surface area (Å²) in [6.45, 7) is 16.0. The molecular weight excluding hydrogens is 390 g/mol. The Balaban J connectivity index is 2.00. The van der Waals surface area contributed by atoms with Crippen LogP contribution in [-0.2, 0) is 0 Å². The van der Waals surface area contributed by atoms with Gasteiger partial charge in [0.2, 0.25) is 0 Å².